The fraction of sp³-hybridized carbons (Fsp3) is 0.222. The number of carbonyl (C=O) groups is 2. The van der Waals surface area contributed by atoms with Gasteiger partial charge in [-0.1, -0.05) is 37.6 Å². The average Bonchev–Trinajstić information content (AvgIpc) is 3.08. The number of amides is 1. The molecule has 1 aliphatic rings. The molecular formula is C27H25ClN2O4. The van der Waals surface area contributed by atoms with Crippen molar-refractivity contribution in [3.05, 3.63) is 94.3 Å². The van der Waals surface area contributed by atoms with Crippen molar-refractivity contribution in [1.82, 2.24) is 4.98 Å². The molecule has 1 fully saturated rings. The summed E-state index contributed by atoms with van der Waals surface area (Å²) in [5.41, 5.74) is 2.28. The molecule has 0 radical (unpaired) electrons. The highest BCUT2D eigenvalue weighted by atomic mass is 35.5. The van der Waals surface area contributed by atoms with E-state index < -0.39 is 17.7 Å². The van der Waals surface area contributed by atoms with Crippen molar-refractivity contribution < 1.29 is 19.4 Å². The number of carbonyl (C=O) groups excluding carboxylic acids is 2. The van der Waals surface area contributed by atoms with Crippen LogP contribution in [0.2, 0.25) is 5.02 Å². The number of ketones is 1. The molecule has 6 nitrogen and oxygen atoms in total. The summed E-state index contributed by atoms with van der Waals surface area (Å²) in [6.07, 6.45) is 3.18. The van der Waals surface area contributed by atoms with Gasteiger partial charge in [0.05, 0.1) is 18.2 Å². The van der Waals surface area contributed by atoms with Crippen molar-refractivity contribution in [3.63, 3.8) is 0 Å². The Bertz CT molecular complexity index is 1270. The molecule has 1 atom stereocenters. The van der Waals surface area contributed by atoms with Crippen LogP contribution in [-0.2, 0) is 9.59 Å². The molecule has 2 aromatic carbocycles. The topological polar surface area (TPSA) is 79.7 Å². The van der Waals surface area contributed by atoms with E-state index in [2.05, 4.69) is 18.8 Å². The molecule has 1 saturated heterocycles. The Balaban J connectivity index is 1.84. The highest BCUT2D eigenvalue weighted by Crippen LogP contribution is 2.42. The van der Waals surface area contributed by atoms with Crippen LogP contribution >= 0.6 is 11.6 Å². The molecule has 2 heterocycles. The van der Waals surface area contributed by atoms with Gasteiger partial charge in [-0.2, -0.15) is 0 Å². The predicted octanol–water partition coefficient (Wildman–Crippen LogP) is 5.70. The molecule has 1 N–H and O–H groups in total. The summed E-state index contributed by atoms with van der Waals surface area (Å²) in [5, 5.41) is 11.7. The van der Waals surface area contributed by atoms with E-state index >= 15 is 0 Å². The number of hydrogen-bond acceptors (Lipinski definition) is 5. The molecule has 3 aromatic rings. The minimum absolute atomic E-state index is 0.00627. The summed E-state index contributed by atoms with van der Waals surface area (Å²) < 4.78 is 5.83. The number of ether oxygens (including phenoxy) is 1. The van der Waals surface area contributed by atoms with E-state index in [1.807, 2.05) is 6.92 Å². The number of halogens is 1. The number of aliphatic hydroxyl groups is 1. The van der Waals surface area contributed by atoms with Gasteiger partial charge < -0.3 is 9.84 Å². The lowest BCUT2D eigenvalue weighted by Gasteiger charge is -2.25. The molecule has 174 valence electrons. The Morgan fingerprint density at radius 2 is 1.94 bits per heavy atom. The van der Waals surface area contributed by atoms with Gasteiger partial charge in [-0.3, -0.25) is 19.5 Å². The minimum Gasteiger partial charge on any atom is -0.507 e. The van der Waals surface area contributed by atoms with Crippen molar-refractivity contribution in [2.24, 2.45) is 5.92 Å². The molecule has 1 aromatic heterocycles. The number of aliphatic hydroxyl groups excluding tert-OH is 1. The highest BCUT2D eigenvalue weighted by Gasteiger charge is 2.47. The van der Waals surface area contributed by atoms with Crippen molar-refractivity contribution in [1.29, 1.82) is 0 Å². The lowest BCUT2D eigenvalue weighted by Crippen LogP contribution is -2.29. The third-order valence-corrected chi connectivity index (χ3v) is 5.79. The maximum atomic E-state index is 13.2. The van der Waals surface area contributed by atoms with E-state index in [9.17, 15) is 14.7 Å². The molecule has 7 heteroatoms. The van der Waals surface area contributed by atoms with Gasteiger partial charge in [-0.05, 0) is 66.4 Å². The molecule has 0 bridgehead atoms. The smallest absolute Gasteiger partial charge is 0.300 e. The molecule has 4 rings (SSSR count). The maximum Gasteiger partial charge on any atom is 0.300 e. The Labute approximate surface area is 203 Å². The number of aryl methyl sites for hydroxylation is 1. The zero-order chi connectivity index (χ0) is 24.4. The molecule has 0 spiro atoms. The molecule has 34 heavy (non-hydrogen) atoms. The fourth-order valence-electron chi connectivity index (χ4n) is 3.95. The van der Waals surface area contributed by atoms with Crippen molar-refractivity contribution in [3.8, 4) is 5.75 Å². The maximum absolute atomic E-state index is 13.2. The first-order valence-corrected chi connectivity index (χ1v) is 11.4. The Hall–Kier alpha value is -3.64. The second-order valence-corrected chi connectivity index (χ2v) is 9.06. The first-order valence-electron chi connectivity index (χ1n) is 11.0. The van der Waals surface area contributed by atoms with E-state index in [-0.39, 0.29) is 11.3 Å². The van der Waals surface area contributed by atoms with E-state index in [0.29, 0.717) is 40.1 Å². The lowest BCUT2D eigenvalue weighted by atomic mass is 9.95. The molecule has 1 unspecified atom stereocenters. The number of aromatic nitrogens is 1. The first kappa shape index (κ1) is 23.5. The number of anilines is 1. The average molecular weight is 477 g/mol. The van der Waals surface area contributed by atoms with Crippen LogP contribution in [-0.4, -0.2) is 28.4 Å². The predicted molar refractivity (Wildman–Crippen MR) is 132 cm³/mol. The SMILES string of the molecule is Cc1cc(/C(O)=C2\C(=O)C(=O)N(c3cccc(Cl)c3)C2c2cccnc2)ccc1OCC(C)C. The van der Waals surface area contributed by atoms with E-state index in [1.54, 1.807) is 67.0 Å². The van der Waals surface area contributed by atoms with Gasteiger partial charge in [0.1, 0.15) is 11.5 Å². The monoisotopic (exact) mass is 476 g/mol. The van der Waals surface area contributed by atoms with Gasteiger partial charge in [0, 0.05) is 28.7 Å². The number of Topliss-reactive ketones (excluding diaryl/α,β-unsaturated/α-hetero) is 1. The van der Waals surface area contributed by atoms with Crippen molar-refractivity contribution in [2.45, 2.75) is 26.8 Å². The summed E-state index contributed by atoms with van der Waals surface area (Å²) in [7, 11) is 0. The molecule has 1 amide bonds. The van der Waals surface area contributed by atoms with Gasteiger partial charge in [-0.15, -0.1) is 0 Å². The summed E-state index contributed by atoms with van der Waals surface area (Å²) >= 11 is 6.16. The fourth-order valence-corrected chi connectivity index (χ4v) is 4.13. The molecule has 0 saturated carbocycles. The van der Waals surface area contributed by atoms with Crippen LogP contribution in [0, 0.1) is 12.8 Å². The Morgan fingerprint density at radius 1 is 1.15 bits per heavy atom. The number of hydrogen-bond donors (Lipinski definition) is 1. The standard InChI is InChI=1S/C27H25ClN2O4/c1-16(2)15-34-22-10-9-18(12-17(22)3)25(31)23-24(19-6-5-11-29-14-19)30(27(33)26(23)32)21-8-4-7-20(28)13-21/h4-14,16,24,31H,15H2,1-3H3/b25-23+. The van der Waals surface area contributed by atoms with Crippen LogP contribution in [0.5, 0.6) is 5.75 Å². The van der Waals surface area contributed by atoms with Gasteiger partial charge in [0.2, 0.25) is 0 Å². The largest absolute Gasteiger partial charge is 0.507 e. The third-order valence-electron chi connectivity index (χ3n) is 5.55. The molecule has 1 aliphatic heterocycles. The van der Waals surface area contributed by atoms with Gasteiger partial charge in [-0.25, -0.2) is 0 Å². The summed E-state index contributed by atoms with van der Waals surface area (Å²) in [5.74, 6) is -0.700. The van der Waals surface area contributed by atoms with E-state index in [0.717, 1.165) is 5.56 Å². The minimum atomic E-state index is -0.857. The summed E-state index contributed by atoms with van der Waals surface area (Å²) in [6.45, 7) is 6.56. The van der Waals surface area contributed by atoms with E-state index in [4.69, 9.17) is 16.3 Å². The van der Waals surface area contributed by atoms with Crippen LogP contribution in [0.4, 0.5) is 5.69 Å². The lowest BCUT2D eigenvalue weighted by molar-refractivity contribution is -0.132. The van der Waals surface area contributed by atoms with Gasteiger partial charge in [0.15, 0.2) is 0 Å². The summed E-state index contributed by atoms with van der Waals surface area (Å²) in [6, 6.07) is 14.5. The van der Waals surface area contributed by atoms with Crippen LogP contribution in [0.3, 0.4) is 0 Å². The zero-order valence-corrected chi connectivity index (χ0v) is 19.9. The number of nitrogens with zero attached hydrogens (tertiary/aromatic N) is 2. The summed E-state index contributed by atoms with van der Waals surface area (Å²) in [4.78, 5) is 31.9. The third kappa shape index (κ3) is 4.54. The Kier molecular flexibility index (Phi) is 6.70. The van der Waals surface area contributed by atoms with Crippen LogP contribution < -0.4 is 9.64 Å². The van der Waals surface area contributed by atoms with E-state index in [1.165, 1.54) is 4.90 Å². The molecular weight excluding hydrogens is 452 g/mol. The van der Waals surface area contributed by atoms with Crippen molar-refractivity contribution in [2.75, 3.05) is 11.5 Å². The van der Waals surface area contributed by atoms with Crippen LogP contribution in [0.25, 0.3) is 5.76 Å². The quantitative estimate of drug-likeness (QED) is 0.280. The zero-order valence-electron chi connectivity index (χ0n) is 19.2. The van der Waals surface area contributed by atoms with Crippen LogP contribution in [0.1, 0.15) is 36.6 Å². The molecule has 0 aliphatic carbocycles. The number of rotatable bonds is 6. The normalized spacial score (nSPS) is 17.4. The second-order valence-electron chi connectivity index (χ2n) is 8.62. The van der Waals surface area contributed by atoms with Crippen LogP contribution in [0.15, 0.2) is 72.6 Å². The van der Waals surface area contributed by atoms with Gasteiger partial charge >= 0.3 is 0 Å². The highest BCUT2D eigenvalue weighted by molar-refractivity contribution is 6.51. The number of benzene rings is 2. The number of pyridine rings is 1. The second kappa shape index (κ2) is 9.69. The van der Waals surface area contributed by atoms with Crippen molar-refractivity contribution >= 4 is 34.7 Å². The first-order chi connectivity index (χ1) is 16.3. The van der Waals surface area contributed by atoms with Gasteiger partial charge in [0.25, 0.3) is 11.7 Å². The Morgan fingerprint density at radius 3 is 2.59 bits per heavy atom.